The van der Waals surface area contributed by atoms with Gasteiger partial charge in [-0.05, 0) is 74.2 Å². The molecule has 5 heteroatoms. The number of benzene rings is 2. The van der Waals surface area contributed by atoms with Crippen molar-refractivity contribution in [3.8, 4) is 23.0 Å². The van der Waals surface area contributed by atoms with Crippen molar-refractivity contribution in [3.05, 3.63) is 46.5 Å². The van der Waals surface area contributed by atoms with Gasteiger partial charge in [-0.15, -0.1) is 0 Å². The third kappa shape index (κ3) is 4.20. The smallest absolute Gasteiger partial charge is 0.134 e. The quantitative estimate of drug-likeness (QED) is 0.650. The van der Waals surface area contributed by atoms with E-state index in [0.717, 1.165) is 58.5 Å². The van der Waals surface area contributed by atoms with Crippen LogP contribution in [0.2, 0.25) is 0 Å². The maximum atomic E-state index is 6.23. The van der Waals surface area contributed by atoms with Crippen molar-refractivity contribution in [1.82, 2.24) is 0 Å². The van der Waals surface area contributed by atoms with Crippen molar-refractivity contribution >= 4 is 0 Å². The summed E-state index contributed by atoms with van der Waals surface area (Å²) in [6, 6.07) is 7.72. The van der Waals surface area contributed by atoms with Gasteiger partial charge in [-0.2, -0.15) is 0 Å². The standard InChI is InChI=1S/C22H26O5/c1-13-15(3)22(16(4)14(2)21(13)26-12-20-11-25-20)27-18-7-5-17(6-8-18)23-9-19-10-24-19/h5-8,19-20H,9-12H2,1-4H3. The highest BCUT2D eigenvalue weighted by Gasteiger charge is 2.25. The lowest BCUT2D eigenvalue weighted by molar-refractivity contribution is 0.260. The molecule has 2 aromatic carbocycles. The van der Waals surface area contributed by atoms with Gasteiger partial charge in [-0.25, -0.2) is 0 Å². The number of epoxide rings is 2. The minimum Gasteiger partial charge on any atom is -0.491 e. The first kappa shape index (κ1) is 18.1. The molecular weight excluding hydrogens is 344 g/mol. The van der Waals surface area contributed by atoms with Crippen LogP contribution in [0.5, 0.6) is 23.0 Å². The van der Waals surface area contributed by atoms with Crippen LogP contribution in [-0.2, 0) is 9.47 Å². The molecule has 2 saturated heterocycles. The molecule has 144 valence electrons. The van der Waals surface area contributed by atoms with Crippen LogP contribution in [0.4, 0.5) is 0 Å². The second-order valence-electron chi connectivity index (χ2n) is 7.26. The molecule has 2 aliphatic heterocycles. The second-order valence-corrected chi connectivity index (χ2v) is 7.26. The van der Waals surface area contributed by atoms with E-state index in [-0.39, 0.29) is 12.2 Å². The Hall–Kier alpha value is -2.24. The molecule has 2 fully saturated rings. The molecule has 0 amide bonds. The summed E-state index contributed by atoms with van der Waals surface area (Å²) in [5.74, 6) is 3.44. The maximum absolute atomic E-state index is 6.23. The maximum Gasteiger partial charge on any atom is 0.134 e. The average molecular weight is 370 g/mol. The molecule has 0 aromatic heterocycles. The highest BCUT2D eigenvalue weighted by Crippen LogP contribution is 2.39. The Morgan fingerprint density at radius 2 is 1.15 bits per heavy atom. The molecule has 0 bridgehead atoms. The highest BCUT2D eigenvalue weighted by molar-refractivity contribution is 5.58. The Balaban J connectivity index is 1.50. The SMILES string of the molecule is Cc1c(C)c(Oc2ccc(OCC3CO3)cc2)c(C)c(C)c1OCC1CO1. The summed E-state index contributed by atoms with van der Waals surface area (Å²) >= 11 is 0. The first-order chi connectivity index (χ1) is 13.0. The first-order valence-electron chi connectivity index (χ1n) is 9.40. The Morgan fingerprint density at radius 3 is 1.67 bits per heavy atom. The summed E-state index contributed by atoms with van der Waals surface area (Å²) in [6.45, 7) is 11.1. The van der Waals surface area contributed by atoms with Gasteiger partial charge in [0.05, 0.1) is 13.2 Å². The largest absolute Gasteiger partial charge is 0.491 e. The lowest BCUT2D eigenvalue weighted by atomic mass is 9.98. The minimum absolute atomic E-state index is 0.243. The van der Waals surface area contributed by atoms with E-state index in [0.29, 0.717) is 13.2 Å². The Bertz CT molecular complexity index is 791. The summed E-state index contributed by atoms with van der Waals surface area (Å²) in [4.78, 5) is 0. The fourth-order valence-corrected chi connectivity index (χ4v) is 3.03. The van der Waals surface area contributed by atoms with Crippen LogP contribution in [0.1, 0.15) is 22.3 Å². The highest BCUT2D eigenvalue weighted by atomic mass is 16.6. The molecule has 5 nitrogen and oxygen atoms in total. The molecule has 0 spiro atoms. The molecule has 2 atom stereocenters. The van der Waals surface area contributed by atoms with Crippen LogP contribution in [0.15, 0.2) is 24.3 Å². The second kappa shape index (κ2) is 7.41. The van der Waals surface area contributed by atoms with Crippen molar-refractivity contribution < 1.29 is 23.7 Å². The molecular formula is C22H26O5. The van der Waals surface area contributed by atoms with E-state index in [1.165, 1.54) is 0 Å². The molecule has 0 N–H and O–H groups in total. The fourth-order valence-electron chi connectivity index (χ4n) is 3.03. The zero-order chi connectivity index (χ0) is 19.0. The summed E-state index contributed by atoms with van der Waals surface area (Å²) in [5.41, 5.74) is 4.41. The van der Waals surface area contributed by atoms with E-state index in [1.807, 2.05) is 24.3 Å². The normalized spacial score (nSPS) is 20.3. The number of hydrogen-bond donors (Lipinski definition) is 0. The van der Waals surface area contributed by atoms with E-state index >= 15 is 0 Å². The summed E-state index contributed by atoms with van der Waals surface area (Å²) in [6.07, 6.45) is 0.497. The van der Waals surface area contributed by atoms with E-state index in [1.54, 1.807) is 0 Å². The summed E-state index contributed by atoms with van der Waals surface area (Å²) in [5, 5.41) is 0. The predicted molar refractivity (Wildman–Crippen MR) is 102 cm³/mol. The molecule has 2 aromatic rings. The van der Waals surface area contributed by atoms with Crippen LogP contribution in [0.3, 0.4) is 0 Å². The van der Waals surface area contributed by atoms with Gasteiger partial charge < -0.3 is 23.7 Å². The number of rotatable bonds is 8. The van der Waals surface area contributed by atoms with Gasteiger partial charge >= 0.3 is 0 Å². The van der Waals surface area contributed by atoms with Crippen LogP contribution in [0.25, 0.3) is 0 Å². The first-order valence-corrected chi connectivity index (χ1v) is 9.40. The third-order valence-electron chi connectivity index (χ3n) is 5.19. The van der Waals surface area contributed by atoms with Crippen molar-refractivity contribution in [1.29, 1.82) is 0 Å². The van der Waals surface area contributed by atoms with Crippen molar-refractivity contribution in [2.45, 2.75) is 39.9 Å². The van der Waals surface area contributed by atoms with Crippen molar-refractivity contribution in [3.63, 3.8) is 0 Å². The van der Waals surface area contributed by atoms with Gasteiger partial charge in [0.15, 0.2) is 0 Å². The molecule has 4 rings (SSSR count). The van der Waals surface area contributed by atoms with Crippen molar-refractivity contribution in [2.75, 3.05) is 26.4 Å². The summed E-state index contributed by atoms with van der Waals surface area (Å²) < 4.78 is 28.3. The van der Waals surface area contributed by atoms with E-state index in [9.17, 15) is 0 Å². The zero-order valence-electron chi connectivity index (χ0n) is 16.3. The Morgan fingerprint density at radius 1 is 0.704 bits per heavy atom. The van der Waals surface area contributed by atoms with E-state index < -0.39 is 0 Å². The lowest BCUT2D eigenvalue weighted by Gasteiger charge is -2.20. The lowest BCUT2D eigenvalue weighted by Crippen LogP contribution is -2.08. The van der Waals surface area contributed by atoms with E-state index in [2.05, 4.69) is 27.7 Å². The van der Waals surface area contributed by atoms with Crippen LogP contribution in [-0.4, -0.2) is 38.6 Å². The molecule has 2 heterocycles. The molecule has 0 saturated carbocycles. The van der Waals surface area contributed by atoms with Crippen molar-refractivity contribution in [2.24, 2.45) is 0 Å². The molecule has 0 aliphatic carbocycles. The topological polar surface area (TPSA) is 52.8 Å². The zero-order valence-corrected chi connectivity index (χ0v) is 16.3. The van der Waals surface area contributed by atoms with Gasteiger partial charge in [-0.3, -0.25) is 0 Å². The number of ether oxygens (including phenoxy) is 5. The monoisotopic (exact) mass is 370 g/mol. The van der Waals surface area contributed by atoms with Gasteiger partial charge in [0.1, 0.15) is 48.4 Å². The molecule has 2 aliphatic rings. The van der Waals surface area contributed by atoms with E-state index in [4.69, 9.17) is 23.7 Å². The van der Waals surface area contributed by atoms with Crippen LogP contribution < -0.4 is 14.2 Å². The molecule has 0 radical (unpaired) electrons. The molecule has 2 unspecified atom stereocenters. The molecule has 27 heavy (non-hydrogen) atoms. The minimum atomic E-state index is 0.243. The summed E-state index contributed by atoms with van der Waals surface area (Å²) in [7, 11) is 0. The fraction of sp³-hybridized carbons (Fsp3) is 0.455. The third-order valence-corrected chi connectivity index (χ3v) is 5.19. The average Bonchev–Trinajstić information content (AvgIpc) is 3.57. The van der Waals surface area contributed by atoms with Gasteiger partial charge in [0.25, 0.3) is 0 Å². The van der Waals surface area contributed by atoms with Crippen LogP contribution >= 0.6 is 0 Å². The Labute approximate surface area is 160 Å². The number of hydrogen-bond acceptors (Lipinski definition) is 5. The van der Waals surface area contributed by atoms with Gasteiger partial charge in [0, 0.05) is 0 Å². The predicted octanol–water partition coefficient (Wildman–Crippen LogP) is 4.27. The van der Waals surface area contributed by atoms with Gasteiger partial charge in [0.2, 0.25) is 0 Å². The Kier molecular flexibility index (Phi) is 4.98. The van der Waals surface area contributed by atoms with Crippen LogP contribution in [0, 0.1) is 27.7 Å². The van der Waals surface area contributed by atoms with Gasteiger partial charge in [-0.1, -0.05) is 0 Å².